The Morgan fingerprint density at radius 2 is 2.04 bits per heavy atom. The van der Waals surface area contributed by atoms with E-state index < -0.39 is 16.9 Å². The molecule has 0 saturated heterocycles. The van der Waals surface area contributed by atoms with Crippen molar-refractivity contribution in [1.29, 1.82) is 0 Å². The number of nitrogens with zero attached hydrogens (tertiary/aromatic N) is 1. The van der Waals surface area contributed by atoms with Crippen LogP contribution in [0.15, 0.2) is 18.2 Å². The van der Waals surface area contributed by atoms with Crippen molar-refractivity contribution in [2.45, 2.75) is 31.6 Å². The van der Waals surface area contributed by atoms with Crippen LogP contribution in [0.3, 0.4) is 0 Å². The number of benzene rings is 1. The van der Waals surface area contributed by atoms with Gasteiger partial charge in [-0.1, -0.05) is 0 Å². The van der Waals surface area contributed by atoms with E-state index in [2.05, 4.69) is 5.32 Å². The van der Waals surface area contributed by atoms with Crippen LogP contribution in [-0.2, 0) is 0 Å². The molecule has 1 fully saturated rings. The predicted octanol–water partition coefficient (Wildman–Crippen LogP) is 3.92. The second kappa shape index (κ2) is 6.76. The van der Waals surface area contributed by atoms with Gasteiger partial charge in [-0.2, -0.15) is 0 Å². The molecule has 0 aromatic heterocycles. The minimum absolute atomic E-state index is 0.0334. The molecule has 1 aromatic carbocycles. The molecule has 0 unspecified atom stereocenters. The predicted molar refractivity (Wildman–Crippen MR) is 80.1 cm³/mol. The summed E-state index contributed by atoms with van der Waals surface area (Å²) < 4.78 is 26.2. The van der Waals surface area contributed by atoms with Gasteiger partial charge in [0.2, 0.25) is 5.92 Å². The number of hydrogen-bond donors (Lipinski definition) is 3. The molecule has 2 rings (SSSR count). The van der Waals surface area contributed by atoms with Crippen molar-refractivity contribution in [3.63, 3.8) is 0 Å². The molecule has 23 heavy (non-hydrogen) atoms. The van der Waals surface area contributed by atoms with Crippen molar-refractivity contribution >= 4 is 23.2 Å². The lowest BCUT2D eigenvalue weighted by atomic mass is 9.87. The molecule has 1 aliphatic rings. The monoisotopic (exact) mass is 329 g/mol. The summed E-state index contributed by atoms with van der Waals surface area (Å²) in [5.74, 6) is -2.57. The normalized spacial score (nSPS) is 17.5. The minimum atomic E-state index is -2.60. The number of halogens is 2. The summed E-state index contributed by atoms with van der Waals surface area (Å²) in [7, 11) is 0. The van der Waals surface area contributed by atoms with Gasteiger partial charge in [-0.3, -0.25) is 15.4 Å². The standard InChI is InChI=1S/C14H17F2N3O4/c15-14(16)5-3-9(4-6-14)8-17-11-2-1-10(18-13(20)21)7-12(11)19(22)23/h1-2,7,9,17-18H,3-6,8H2,(H,20,21). The fourth-order valence-corrected chi connectivity index (χ4v) is 2.59. The van der Waals surface area contributed by atoms with Crippen molar-refractivity contribution < 1.29 is 23.6 Å². The fourth-order valence-electron chi connectivity index (χ4n) is 2.59. The number of carbonyl (C=O) groups is 1. The maximum absolute atomic E-state index is 13.1. The number of anilines is 2. The van der Waals surface area contributed by atoms with Crippen LogP contribution in [0.4, 0.5) is 30.6 Å². The molecule has 1 aliphatic carbocycles. The topological polar surface area (TPSA) is 104 Å². The van der Waals surface area contributed by atoms with Crippen LogP contribution in [0.5, 0.6) is 0 Å². The lowest BCUT2D eigenvalue weighted by Crippen LogP contribution is -2.28. The van der Waals surface area contributed by atoms with E-state index in [0.29, 0.717) is 19.4 Å². The molecule has 1 amide bonds. The molecule has 7 nitrogen and oxygen atoms in total. The van der Waals surface area contributed by atoms with Crippen LogP contribution in [0.2, 0.25) is 0 Å². The number of carboxylic acid groups (broad SMARTS) is 1. The maximum Gasteiger partial charge on any atom is 0.409 e. The Balaban J connectivity index is 2.02. The molecule has 0 spiro atoms. The van der Waals surface area contributed by atoms with Crippen LogP contribution in [0, 0.1) is 16.0 Å². The molecular weight excluding hydrogens is 312 g/mol. The van der Waals surface area contributed by atoms with Crippen LogP contribution in [0.1, 0.15) is 25.7 Å². The number of alkyl halides is 2. The Bertz CT molecular complexity index is 600. The largest absolute Gasteiger partial charge is 0.465 e. The lowest BCUT2D eigenvalue weighted by Gasteiger charge is -2.28. The Morgan fingerprint density at radius 1 is 1.39 bits per heavy atom. The second-order valence-corrected chi connectivity index (χ2v) is 5.60. The zero-order valence-corrected chi connectivity index (χ0v) is 12.2. The summed E-state index contributed by atoms with van der Waals surface area (Å²) in [5, 5.41) is 24.7. The highest BCUT2D eigenvalue weighted by molar-refractivity contribution is 5.84. The third kappa shape index (κ3) is 4.76. The molecule has 9 heteroatoms. The van der Waals surface area contributed by atoms with Gasteiger partial charge in [0.05, 0.1) is 10.6 Å². The van der Waals surface area contributed by atoms with Gasteiger partial charge < -0.3 is 10.4 Å². The third-order valence-corrected chi connectivity index (χ3v) is 3.86. The van der Waals surface area contributed by atoms with E-state index in [1.54, 1.807) is 0 Å². The first-order chi connectivity index (χ1) is 10.8. The number of nitrogens with one attached hydrogen (secondary N) is 2. The SMILES string of the molecule is O=C(O)Nc1ccc(NCC2CCC(F)(F)CC2)c([N+](=O)[O-])c1. The zero-order chi connectivity index (χ0) is 17.0. The number of rotatable bonds is 5. The highest BCUT2D eigenvalue weighted by Crippen LogP contribution is 2.36. The fraction of sp³-hybridized carbons (Fsp3) is 0.500. The van der Waals surface area contributed by atoms with Crippen LogP contribution in [-0.4, -0.2) is 28.6 Å². The first-order valence-corrected chi connectivity index (χ1v) is 7.17. The zero-order valence-electron chi connectivity index (χ0n) is 12.2. The van der Waals surface area contributed by atoms with Gasteiger partial charge in [-0.05, 0) is 30.9 Å². The molecule has 0 heterocycles. The molecule has 0 atom stereocenters. The summed E-state index contributed by atoms with van der Waals surface area (Å²) in [6.45, 7) is 0.364. The van der Waals surface area contributed by atoms with Gasteiger partial charge in [0.15, 0.2) is 0 Å². The summed E-state index contributed by atoms with van der Waals surface area (Å²) in [6, 6.07) is 3.92. The van der Waals surface area contributed by atoms with Crippen molar-refractivity contribution in [3.8, 4) is 0 Å². The molecular formula is C14H17F2N3O4. The first-order valence-electron chi connectivity index (χ1n) is 7.17. The lowest BCUT2D eigenvalue weighted by molar-refractivity contribution is -0.383. The number of hydrogen-bond acceptors (Lipinski definition) is 4. The quantitative estimate of drug-likeness (QED) is 0.561. The molecule has 1 aromatic rings. The van der Waals surface area contributed by atoms with Gasteiger partial charge >= 0.3 is 6.09 Å². The van der Waals surface area contributed by atoms with E-state index in [-0.39, 0.29) is 35.8 Å². The second-order valence-electron chi connectivity index (χ2n) is 5.60. The van der Waals surface area contributed by atoms with Gasteiger partial charge in [-0.15, -0.1) is 0 Å². The molecule has 3 N–H and O–H groups in total. The van der Waals surface area contributed by atoms with Crippen molar-refractivity contribution in [2.75, 3.05) is 17.2 Å². The highest BCUT2D eigenvalue weighted by atomic mass is 19.3. The van der Waals surface area contributed by atoms with E-state index in [9.17, 15) is 23.7 Å². The van der Waals surface area contributed by atoms with Crippen LogP contribution >= 0.6 is 0 Å². The molecule has 0 radical (unpaired) electrons. The van der Waals surface area contributed by atoms with Crippen molar-refractivity contribution in [3.05, 3.63) is 28.3 Å². The summed E-state index contributed by atoms with van der Waals surface area (Å²) >= 11 is 0. The summed E-state index contributed by atoms with van der Waals surface area (Å²) in [6.07, 6.45) is -0.909. The summed E-state index contributed by atoms with van der Waals surface area (Å²) in [4.78, 5) is 21.0. The first kappa shape index (κ1) is 16.9. The van der Waals surface area contributed by atoms with Gasteiger partial charge in [0.1, 0.15) is 5.69 Å². The highest BCUT2D eigenvalue weighted by Gasteiger charge is 2.34. The molecule has 126 valence electrons. The number of nitro groups is 1. The Kier molecular flexibility index (Phi) is 4.97. The van der Waals surface area contributed by atoms with E-state index in [0.717, 1.165) is 6.07 Å². The molecule has 1 saturated carbocycles. The Labute approximate surface area is 130 Å². The Morgan fingerprint density at radius 3 is 2.61 bits per heavy atom. The van der Waals surface area contributed by atoms with Crippen molar-refractivity contribution in [2.24, 2.45) is 5.92 Å². The van der Waals surface area contributed by atoms with Crippen LogP contribution in [0.25, 0.3) is 0 Å². The van der Waals surface area contributed by atoms with E-state index in [1.165, 1.54) is 12.1 Å². The summed E-state index contributed by atoms with van der Waals surface area (Å²) in [5.41, 5.74) is 0.0627. The smallest absolute Gasteiger partial charge is 0.409 e. The van der Waals surface area contributed by atoms with Gasteiger partial charge in [-0.25, -0.2) is 13.6 Å². The third-order valence-electron chi connectivity index (χ3n) is 3.86. The number of nitro benzene ring substituents is 1. The molecule has 0 aliphatic heterocycles. The minimum Gasteiger partial charge on any atom is -0.465 e. The van der Waals surface area contributed by atoms with E-state index in [4.69, 9.17) is 5.11 Å². The Hall–Kier alpha value is -2.45. The maximum atomic E-state index is 13.1. The van der Waals surface area contributed by atoms with E-state index >= 15 is 0 Å². The van der Waals surface area contributed by atoms with Crippen molar-refractivity contribution in [1.82, 2.24) is 0 Å². The van der Waals surface area contributed by atoms with Gasteiger partial charge in [0, 0.05) is 25.5 Å². The molecule has 0 bridgehead atoms. The van der Waals surface area contributed by atoms with E-state index in [1.807, 2.05) is 5.32 Å². The number of amides is 1. The average molecular weight is 329 g/mol. The average Bonchev–Trinajstić information content (AvgIpc) is 2.46. The van der Waals surface area contributed by atoms with Crippen LogP contribution < -0.4 is 10.6 Å². The van der Waals surface area contributed by atoms with Gasteiger partial charge in [0.25, 0.3) is 5.69 Å².